The lowest BCUT2D eigenvalue weighted by atomic mass is 10.0. The molecular formula is C22H19N3OS. The summed E-state index contributed by atoms with van der Waals surface area (Å²) in [5.41, 5.74) is 5.36. The number of carbonyl (C=O) groups excluding carboxylic acids is 1. The fourth-order valence-electron chi connectivity index (χ4n) is 3.00. The van der Waals surface area contributed by atoms with Crippen LogP contribution in [0.5, 0.6) is 0 Å². The molecule has 2 heterocycles. The number of fused-ring (bicyclic) bond motifs is 1. The molecule has 0 aliphatic rings. The molecule has 1 amide bonds. The molecule has 0 saturated carbocycles. The van der Waals surface area contributed by atoms with Gasteiger partial charge in [-0.05, 0) is 31.0 Å². The van der Waals surface area contributed by atoms with E-state index in [2.05, 4.69) is 41.5 Å². The average Bonchev–Trinajstić information content (AvgIpc) is 3.11. The van der Waals surface area contributed by atoms with Crippen LogP contribution in [-0.4, -0.2) is 15.9 Å². The van der Waals surface area contributed by atoms with E-state index in [0.29, 0.717) is 10.7 Å². The number of pyridine rings is 1. The molecule has 5 heteroatoms. The molecule has 0 saturated heterocycles. The molecule has 0 atom stereocenters. The van der Waals surface area contributed by atoms with E-state index in [9.17, 15) is 4.79 Å². The van der Waals surface area contributed by atoms with Crippen LogP contribution in [0.3, 0.4) is 0 Å². The van der Waals surface area contributed by atoms with Crippen LogP contribution in [-0.2, 0) is 6.42 Å². The van der Waals surface area contributed by atoms with E-state index in [4.69, 9.17) is 4.98 Å². The number of rotatable bonds is 4. The summed E-state index contributed by atoms with van der Waals surface area (Å²) < 4.78 is 0. The van der Waals surface area contributed by atoms with Crippen molar-refractivity contribution in [2.75, 3.05) is 5.32 Å². The predicted molar refractivity (Wildman–Crippen MR) is 111 cm³/mol. The summed E-state index contributed by atoms with van der Waals surface area (Å²) in [6.45, 7) is 4.04. The van der Waals surface area contributed by atoms with Gasteiger partial charge < -0.3 is 0 Å². The van der Waals surface area contributed by atoms with Crippen LogP contribution in [0.15, 0.2) is 60.0 Å². The molecule has 0 radical (unpaired) electrons. The molecule has 4 nitrogen and oxygen atoms in total. The minimum absolute atomic E-state index is 0.172. The van der Waals surface area contributed by atoms with E-state index in [1.807, 2.05) is 42.6 Å². The number of amides is 1. The van der Waals surface area contributed by atoms with Crippen molar-refractivity contribution < 1.29 is 4.79 Å². The van der Waals surface area contributed by atoms with E-state index in [0.717, 1.165) is 34.3 Å². The van der Waals surface area contributed by atoms with Gasteiger partial charge in [0.25, 0.3) is 5.91 Å². The number of hydrogen-bond donors (Lipinski definition) is 1. The lowest BCUT2D eigenvalue weighted by Gasteiger charge is -2.10. The van der Waals surface area contributed by atoms with Crippen LogP contribution in [0.2, 0.25) is 0 Å². The Kier molecular flexibility index (Phi) is 4.69. The summed E-state index contributed by atoms with van der Waals surface area (Å²) in [6.07, 6.45) is 0.992. The van der Waals surface area contributed by atoms with Crippen molar-refractivity contribution in [2.24, 2.45) is 0 Å². The highest BCUT2D eigenvalue weighted by atomic mass is 32.1. The fourth-order valence-corrected chi connectivity index (χ4v) is 3.68. The van der Waals surface area contributed by atoms with Crippen molar-refractivity contribution in [3.63, 3.8) is 0 Å². The van der Waals surface area contributed by atoms with Crippen molar-refractivity contribution in [2.45, 2.75) is 20.3 Å². The molecule has 0 fully saturated rings. The first kappa shape index (κ1) is 17.4. The second-order valence-corrected chi connectivity index (χ2v) is 7.23. The Labute approximate surface area is 161 Å². The summed E-state index contributed by atoms with van der Waals surface area (Å²) in [4.78, 5) is 22.0. The number of carbonyl (C=O) groups is 1. The minimum atomic E-state index is -0.172. The Balaban J connectivity index is 1.79. The van der Waals surface area contributed by atoms with Crippen molar-refractivity contribution >= 4 is 33.3 Å². The number of benzene rings is 2. The van der Waals surface area contributed by atoms with Gasteiger partial charge in [-0.1, -0.05) is 49.4 Å². The molecule has 1 N–H and O–H groups in total. The standard InChI is InChI=1S/C22H19N3OS/c1-3-15-8-10-16(11-9-15)20-12-18(17-6-4-5-7-19(17)24-20)21(26)25-22-23-14(2)13-27-22/h4-13H,3H2,1-2H3,(H,23,25,26). The molecule has 2 aromatic heterocycles. The minimum Gasteiger partial charge on any atom is -0.298 e. The zero-order valence-corrected chi connectivity index (χ0v) is 16.0. The number of hydrogen-bond acceptors (Lipinski definition) is 4. The molecule has 0 spiro atoms. The molecule has 0 aliphatic carbocycles. The summed E-state index contributed by atoms with van der Waals surface area (Å²) in [5, 5.41) is 6.26. The van der Waals surface area contributed by atoms with Gasteiger partial charge in [-0.15, -0.1) is 11.3 Å². The number of aromatic nitrogens is 2. The maximum atomic E-state index is 12.9. The third-order valence-electron chi connectivity index (χ3n) is 4.46. The molecule has 0 bridgehead atoms. The largest absolute Gasteiger partial charge is 0.298 e. The topological polar surface area (TPSA) is 54.9 Å². The number of nitrogens with one attached hydrogen (secondary N) is 1. The molecule has 2 aromatic carbocycles. The van der Waals surface area contributed by atoms with Gasteiger partial charge >= 0.3 is 0 Å². The highest BCUT2D eigenvalue weighted by Crippen LogP contribution is 2.26. The first-order chi connectivity index (χ1) is 13.1. The molecule has 4 aromatic rings. The predicted octanol–water partition coefficient (Wildman–Crippen LogP) is 5.48. The highest BCUT2D eigenvalue weighted by Gasteiger charge is 2.15. The van der Waals surface area contributed by atoms with Crippen molar-refractivity contribution in [3.05, 3.63) is 76.8 Å². The Hall–Kier alpha value is -3.05. The molecule has 134 valence electrons. The van der Waals surface area contributed by atoms with Crippen LogP contribution < -0.4 is 5.32 Å². The van der Waals surface area contributed by atoms with Crippen LogP contribution >= 0.6 is 11.3 Å². The SMILES string of the molecule is CCc1ccc(-c2cc(C(=O)Nc3nc(C)cs3)c3ccccc3n2)cc1. The Morgan fingerprint density at radius 3 is 2.56 bits per heavy atom. The Bertz CT molecular complexity index is 1120. The molecule has 0 unspecified atom stereocenters. The van der Waals surface area contributed by atoms with Crippen molar-refractivity contribution in [1.82, 2.24) is 9.97 Å². The van der Waals surface area contributed by atoms with Gasteiger partial charge in [0.05, 0.1) is 22.5 Å². The zero-order valence-electron chi connectivity index (χ0n) is 15.2. The quantitative estimate of drug-likeness (QED) is 0.515. The van der Waals surface area contributed by atoms with Crippen LogP contribution in [0, 0.1) is 6.92 Å². The lowest BCUT2D eigenvalue weighted by molar-refractivity contribution is 0.102. The fraction of sp³-hybridized carbons (Fsp3) is 0.136. The van der Waals surface area contributed by atoms with Crippen LogP contribution in [0.4, 0.5) is 5.13 Å². The van der Waals surface area contributed by atoms with Gasteiger partial charge in [0.1, 0.15) is 0 Å². The Morgan fingerprint density at radius 2 is 1.85 bits per heavy atom. The lowest BCUT2D eigenvalue weighted by Crippen LogP contribution is -2.13. The summed E-state index contributed by atoms with van der Waals surface area (Å²) >= 11 is 1.42. The van der Waals surface area contributed by atoms with Crippen LogP contribution in [0.1, 0.15) is 28.5 Å². The number of anilines is 1. The van der Waals surface area contributed by atoms with E-state index >= 15 is 0 Å². The molecule has 4 rings (SSSR count). The zero-order chi connectivity index (χ0) is 18.8. The normalized spacial score (nSPS) is 10.9. The van der Waals surface area contributed by atoms with E-state index < -0.39 is 0 Å². The van der Waals surface area contributed by atoms with Gasteiger partial charge in [0.15, 0.2) is 5.13 Å². The third kappa shape index (κ3) is 3.59. The van der Waals surface area contributed by atoms with Gasteiger partial charge in [-0.3, -0.25) is 10.1 Å². The third-order valence-corrected chi connectivity index (χ3v) is 5.33. The van der Waals surface area contributed by atoms with Gasteiger partial charge in [-0.2, -0.15) is 0 Å². The van der Waals surface area contributed by atoms with Gasteiger partial charge in [-0.25, -0.2) is 9.97 Å². The maximum Gasteiger partial charge on any atom is 0.258 e. The van der Waals surface area contributed by atoms with Crippen LogP contribution in [0.25, 0.3) is 22.2 Å². The van der Waals surface area contributed by atoms with Gasteiger partial charge in [0.2, 0.25) is 0 Å². The van der Waals surface area contributed by atoms with Crippen molar-refractivity contribution in [3.8, 4) is 11.3 Å². The average molecular weight is 373 g/mol. The highest BCUT2D eigenvalue weighted by molar-refractivity contribution is 7.13. The monoisotopic (exact) mass is 373 g/mol. The molecule has 0 aliphatic heterocycles. The molecule has 27 heavy (non-hydrogen) atoms. The summed E-state index contributed by atoms with van der Waals surface area (Å²) in [7, 11) is 0. The second-order valence-electron chi connectivity index (χ2n) is 6.37. The second kappa shape index (κ2) is 7.29. The maximum absolute atomic E-state index is 12.9. The number of para-hydroxylation sites is 1. The van der Waals surface area contributed by atoms with E-state index in [-0.39, 0.29) is 5.91 Å². The van der Waals surface area contributed by atoms with Crippen molar-refractivity contribution in [1.29, 1.82) is 0 Å². The Morgan fingerprint density at radius 1 is 1.07 bits per heavy atom. The molecular weight excluding hydrogens is 354 g/mol. The first-order valence-electron chi connectivity index (χ1n) is 8.86. The van der Waals surface area contributed by atoms with E-state index in [1.54, 1.807) is 0 Å². The summed E-state index contributed by atoms with van der Waals surface area (Å²) in [5.74, 6) is -0.172. The smallest absolute Gasteiger partial charge is 0.258 e. The first-order valence-corrected chi connectivity index (χ1v) is 9.74. The van der Waals surface area contributed by atoms with Gasteiger partial charge in [0, 0.05) is 16.3 Å². The number of nitrogens with zero attached hydrogens (tertiary/aromatic N) is 2. The van der Waals surface area contributed by atoms with E-state index in [1.165, 1.54) is 16.9 Å². The number of thiazole rings is 1. The summed E-state index contributed by atoms with van der Waals surface area (Å²) in [6, 6.07) is 17.9. The number of aryl methyl sites for hydroxylation is 2.